The minimum absolute atomic E-state index is 0.0528. The SMILES string of the molecule is CCC(N)Cc1cc(F)cc(OCCC(C)(C)OC)c1. The number of ether oxygens (including phenoxy) is 2. The van der Waals surface area contributed by atoms with Crippen LogP contribution in [0.25, 0.3) is 0 Å². The van der Waals surface area contributed by atoms with Gasteiger partial charge in [-0.15, -0.1) is 0 Å². The maximum atomic E-state index is 13.6. The van der Waals surface area contributed by atoms with E-state index in [0.717, 1.165) is 18.4 Å². The summed E-state index contributed by atoms with van der Waals surface area (Å²) in [7, 11) is 1.67. The van der Waals surface area contributed by atoms with Gasteiger partial charge in [-0.05, 0) is 44.4 Å². The summed E-state index contributed by atoms with van der Waals surface area (Å²) in [5, 5.41) is 0. The molecule has 1 atom stereocenters. The van der Waals surface area contributed by atoms with Crippen LogP contribution in [0.2, 0.25) is 0 Å². The summed E-state index contributed by atoms with van der Waals surface area (Å²) in [6, 6.07) is 4.83. The number of halogens is 1. The molecule has 2 N–H and O–H groups in total. The molecule has 20 heavy (non-hydrogen) atoms. The normalized spacial score (nSPS) is 13.3. The Morgan fingerprint density at radius 2 is 2.00 bits per heavy atom. The van der Waals surface area contributed by atoms with Crippen LogP contribution in [-0.4, -0.2) is 25.4 Å². The number of benzene rings is 1. The third-order valence-electron chi connectivity index (χ3n) is 3.48. The Morgan fingerprint density at radius 3 is 2.60 bits per heavy atom. The van der Waals surface area contributed by atoms with Gasteiger partial charge in [-0.3, -0.25) is 0 Å². The van der Waals surface area contributed by atoms with Crippen molar-refractivity contribution in [3.63, 3.8) is 0 Å². The predicted molar refractivity (Wildman–Crippen MR) is 79.6 cm³/mol. The Bertz CT molecular complexity index is 421. The topological polar surface area (TPSA) is 44.5 Å². The monoisotopic (exact) mass is 283 g/mol. The lowest BCUT2D eigenvalue weighted by molar-refractivity contribution is 0.00543. The fraction of sp³-hybridized carbons (Fsp3) is 0.625. The maximum absolute atomic E-state index is 13.6. The van der Waals surface area contributed by atoms with Crippen molar-refractivity contribution in [2.75, 3.05) is 13.7 Å². The second-order valence-corrected chi connectivity index (χ2v) is 5.73. The molecule has 0 saturated heterocycles. The van der Waals surface area contributed by atoms with E-state index in [9.17, 15) is 4.39 Å². The molecular weight excluding hydrogens is 257 g/mol. The Kier molecular flexibility index (Phi) is 6.43. The predicted octanol–water partition coefficient (Wildman–Crippen LogP) is 3.30. The molecule has 1 rings (SSSR count). The second-order valence-electron chi connectivity index (χ2n) is 5.73. The highest BCUT2D eigenvalue weighted by atomic mass is 19.1. The fourth-order valence-corrected chi connectivity index (χ4v) is 1.79. The van der Waals surface area contributed by atoms with Crippen LogP contribution in [0.1, 0.15) is 39.2 Å². The van der Waals surface area contributed by atoms with Crippen molar-refractivity contribution < 1.29 is 13.9 Å². The van der Waals surface area contributed by atoms with E-state index >= 15 is 0 Å². The van der Waals surface area contributed by atoms with Crippen LogP contribution in [0.5, 0.6) is 5.75 Å². The molecule has 0 fully saturated rings. The van der Waals surface area contributed by atoms with E-state index in [-0.39, 0.29) is 17.5 Å². The third-order valence-corrected chi connectivity index (χ3v) is 3.48. The van der Waals surface area contributed by atoms with Gasteiger partial charge in [-0.2, -0.15) is 0 Å². The molecule has 0 amide bonds. The first-order valence-electron chi connectivity index (χ1n) is 7.09. The molecular formula is C16H26FNO2. The Hall–Kier alpha value is -1.13. The lowest BCUT2D eigenvalue weighted by Gasteiger charge is -2.22. The molecule has 1 aromatic rings. The number of rotatable bonds is 8. The minimum Gasteiger partial charge on any atom is -0.493 e. The largest absolute Gasteiger partial charge is 0.493 e. The van der Waals surface area contributed by atoms with E-state index in [2.05, 4.69) is 0 Å². The Labute approximate surface area is 121 Å². The van der Waals surface area contributed by atoms with Crippen LogP contribution in [0.15, 0.2) is 18.2 Å². The van der Waals surface area contributed by atoms with Crippen molar-refractivity contribution in [2.45, 2.75) is 51.7 Å². The fourth-order valence-electron chi connectivity index (χ4n) is 1.79. The lowest BCUT2D eigenvalue weighted by atomic mass is 10.0. The van der Waals surface area contributed by atoms with Gasteiger partial charge in [0.25, 0.3) is 0 Å². The summed E-state index contributed by atoms with van der Waals surface area (Å²) in [6.45, 7) is 6.50. The highest BCUT2D eigenvalue weighted by molar-refractivity contribution is 5.30. The summed E-state index contributed by atoms with van der Waals surface area (Å²) >= 11 is 0. The van der Waals surface area contributed by atoms with Crippen molar-refractivity contribution in [1.82, 2.24) is 0 Å². The van der Waals surface area contributed by atoms with E-state index < -0.39 is 0 Å². The molecule has 0 aromatic heterocycles. The molecule has 3 nitrogen and oxygen atoms in total. The van der Waals surface area contributed by atoms with Crippen molar-refractivity contribution in [2.24, 2.45) is 5.73 Å². The van der Waals surface area contributed by atoms with Crippen molar-refractivity contribution in [3.05, 3.63) is 29.6 Å². The van der Waals surface area contributed by atoms with Gasteiger partial charge in [0.2, 0.25) is 0 Å². The highest BCUT2D eigenvalue weighted by Gasteiger charge is 2.16. The lowest BCUT2D eigenvalue weighted by Crippen LogP contribution is -2.25. The molecule has 4 heteroatoms. The van der Waals surface area contributed by atoms with Gasteiger partial charge < -0.3 is 15.2 Å². The van der Waals surface area contributed by atoms with Crippen LogP contribution >= 0.6 is 0 Å². The molecule has 0 aliphatic rings. The van der Waals surface area contributed by atoms with E-state index in [1.165, 1.54) is 12.1 Å². The summed E-state index contributed by atoms with van der Waals surface area (Å²) < 4.78 is 24.5. The van der Waals surface area contributed by atoms with E-state index in [1.54, 1.807) is 7.11 Å². The van der Waals surface area contributed by atoms with Crippen LogP contribution in [0, 0.1) is 5.82 Å². The number of nitrogens with two attached hydrogens (primary N) is 1. The standard InChI is InChI=1S/C16H26FNO2/c1-5-14(18)9-12-8-13(17)11-15(10-12)20-7-6-16(2,3)19-4/h8,10-11,14H,5-7,9,18H2,1-4H3. The van der Waals surface area contributed by atoms with E-state index in [4.69, 9.17) is 15.2 Å². The maximum Gasteiger partial charge on any atom is 0.127 e. The summed E-state index contributed by atoms with van der Waals surface area (Å²) in [4.78, 5) is 0. The third kappa shape index (κ3) is 5.88. The zero-order valence-electron chi connectivity index (χ0n) is 12.9. The summed E-state index contributed by atoms with van der Waals surface area (Å²) in [5.74, 6) is 0.266. The van der Waals surface area contributed by atoms with Crippen LogP contribution < -0.4 is 10.5 Å². The molecule has 0 aliphatic heterocycles. The Balaban J connectivity index is 2.62. The van der Waals surface area contributed by atoms with Gasteiger partial charge in [0, 0.05) is 25.6 Å². The van der Waals surface area contributed by atoms with Crippen molar-refractivity contribution in [3.8, 4) is 5.75 Å². The highest BCUT2D eigenvalue weighted by Crippen LogP contribution is 2.20. The molecule has 0 heterocycles. The first-order chi connectivity index (χ1) is 9.36. The number of methoxy groups -OCH3 is 1. The average molecular weight is 283 g/mol. The summed E-state index contributed by atoms with van der Waals surface area (Å²) in [5.41, 5.74) is 6.54. The van der Waals surface area contributed by atoms with Gasteiger partial charge in [0.05, 0.1) is 12.2 Å². The first kappa shape index (κ1) is 16.9. The molecule has 0 aliphatic carbocycles. The molecule has 0 radical (unpaired) electrons. The van der Waals surface area contributed by atoms with E-state index in [0.29, 0.717) is 18.8 Å². The average Bonchev–Trinajstić information content (AvgIpc) is 2.37. The molecule has 1 aromatic carbocycles. The second kappa shape index (κ2) is 7.60. The Morgan fingerprint density at radius 1 is 1.30 bits per heavy atom. The van der Waals surface area contributed by atoms with Gasteiger partial charge in [0.15, 0.2) is 0 Å². The van der Waals surface area contributed by atoms with Gasteiger partial charge in [-0.1, -0.05) is 6.92 Å². The van der Waals surface area contributed by atoms with Crippen LogP contribution in [-0.2, 0) is 11.2 Å². The van der Waals surface area contributed by atoms with Gasteiger partial charge in [-0.25, -0.2) is 4.39 Å². The molecule has 0 bridgehead atoms. The van der Waals surface area contributed by atoms with Gasteiger partial charge >= 0.3 is 0 Å². The minimum atomic E-state index is -0.285. The smallest absolute Gasteiger partial charge is 0.127 e. The molecule has 0 saturated carbocycles. The number of hydrogen-bond acceptors (Lipinski definition) is 3. The zero-order valence-corrected chi connectivity index (χ0v) is 12.9. The van der Waals surface area contributed by atoms with Crippen molar-refractivity contribution >= 4 is 0 Å². The quantitative estimate of drug-likeness (QED) is 0.796. The van der Waals surface area contributed by atoms with Crippen LogP contribution in [0.3, 0.4) is 0 Å². The molecule has 1 unspecified atom stereocenters. The number of hydrogen-bond donors (Lipinski definition) is 1. The van der Waals surface area contributed by atoms with Gasteiger partial charge in [0.1, 0.15) is 11.6 Å². The zero-order chi connectivity index (χ0) is 15.2. The molecule has 114 valence electrons. The first-order valence-corrected chi connectivity index (χ1v) is 7.09. The van der Waals surface area contributed by atoms with E-state index in [1.807, 2.05) is 26.8 Å². The van der Waals surface area contributed by atoms with Crippen molar-refractivity contribution in [1.29, 1.82) is 0 Å². The molecule has 0 spiro atoms. The van der Waals surface area contributed by atoms with Crippen LogP contribution in [0.4, 0.5) is 4.39 Å². The summed E-state index contributed by atoms with van der Waals surface area (Å²) in [6.07, 6.45) is 2.27.